The molecule has 192 valence electrons. The number of halogens is 1. The number of carbonyl (C=O) groups is 2. The lowest BCUT2D eigenvalue weighted by Crippen LogP contribution is -2.29. The molecule has 8 nitrogen and oxygen atoms in total. The van der Waals surface area contributed by atoms with Crippen LogP contribution >= 0.6 is 27.3 Å². The lowest BCUT2D eigenvalue weighted by atomic mass is 9.95. The maximum atomic E-state index is 13.5. The third-order valence-corrected chi connectivity index (χ3v) is 7.80. The molecule has 0 bridgehead atoms. The largest absolute Gasteiger partial charge is 0.507 e. The highest BCUT2D eigenvalue weighted by Gasteiger charge is 2.48. The minimum absolute atomic E-state index is 0.0287. The molecular weight excluding hydrogens is 572 g/mol. The monoisotopic (exact) mass is 592 g/mol. The zero-order valence-electron chi connectivity index (χ0n) is 20.1. The highest BCUT2D eigenvalue weighted by Crippen LogP contribution is 2.45. The quantitative estimate of drug-likeness (QED) is 0.176. The third kappa shape index (κ3) is 4.19. The summed E-state index contributed by atoms with van der Waals surface area (Å²) < 4.78 is 18.4. The maximum absolute atomic E-state index is 13.5. The van der Waals surface area contributed by atoms with E-state index < -0.39 is 17.7 Å². The van der Waals surface area contributed by atoms with Crippen molar-refractivity contribution in [2.75, 3.05) is 24.7 Å². The van der Waals surface area contributed by atoms with Crippen LogP contribution in [0.25, 0.3) is 16.0 Å². The van der Waals surface area contributed by atoms with Crippen LogP contribution in [0.4, 0.5) is 5.13 Å². The minimum atomic E-state index is -0.896. The Morgan fingerprint density at radius 1 is 1.11 bits per heavy atom. The first-order valence-corrected chi connectivity index (χ1v) is 13.6. The molecule has 0 radical (unpaired) electrons. The van der Waals surface area contributed by atoms with E-state index in [2.05, 4.69) is 20.9 Å². The van der Waals surface area contributed by atoms with Gasteiger partial charge in [0.15, 0.2) is 16.6 Å². The number of rotatable bonds is 5. The van der Waals surface area contributed by atoms with Crippen LogP contribution < -0.4 is 19.1 Å². The van der Waals surface area contributed by atoms with Crippen molar-refractivity contribution in [2.24, 2.45) is 0 Å². The fraction of sp³-hybridized carbons (Fsp3) is 0.179. The number of thiazole rings is 1. The molecule has 4 aromatic rings. The molecule has 1 amide bonds. The Morgan fingerprint density at radius 2 is 1.92 bits per heavy atom. The number of aliphatic hydroxyl groups excluding tert-OH is 1. The first-order chi connectivity index (χ1) is 18.4. The Kier molecular flexibility index (Phi) is 6.29. The van der Waals surface area contributed by atoms with E-state index in [1.807, 2.05) is 49.4 Å². The van der Waals surface area contributed by atoms with Gasteiger partial charge in [-0.2, -0.15) is 0 Å². The van der Waals surface area contributed by atoms with Crippen molar-refractivity contribution < 1.29 is 28.9 Å². The number of hydrogen-bond donors (Lipinski definition) is 1. The number of aromatic nitrogens is 1. The highest BCUT2D eigenvalue weighted by molar-refractivity contribution is 9.10. The van der Waals surface area contributed by atoms with Gasteiger partial charge >= 0.3 is 5.91 Å². The van der Waals surface area contributed by atoms with Gasteiger partial charge in [-0.05, 0) is 61.0 Å². The Balaban J connectivity index is 1.51. The average molecular weight is 593 g/mol. The molecule has 1 aromatic heterocycles. The number of aliphatic hydroxyl groups is 1. The number of benzene rings is 3. The second kappa shape index (κ2) is 9.77. The smallest absolute Gasteiger partial charge is 0.301 e. The molecule has 3 heterocycles. The Hall–Kier alpha value is -3.89. The van der Waals surface area contributed by atoms with E-state index in [1.165, 1.54) is 16.2 Å². The number of fused-ring (bicyclic) bond motifs is 2. The number of nitrogens with zero attached hydrogens (tertiary/aromatic N) is 2. The van der Waals surface area contributed by atoms with Crippen LogP contribution in [0.3, 0.4) is 0 Å². The van der Waals surface area contributed by atoms with Crippen molar-refractivity contribution in [3.8, 4) is 17.2 Å². The van der Waals surface area contributed by atoms with Crippen molar-refractivity contribution >= 4 is 60.1 Å². The topological polar surface area (TPSA) is 98.2 Å². The van der Waals surface area contributed by atoms with Crippen molar-refractivity contribution in [1.82, 2.24) is 4.98 Å². The van der Waals surface area contributed by atoms with E-state index in [9.17, 15) is 14.7 Å². The van der Waals surface area contributed by atoms with Crippen LogP contribution in [0.1, 0.15) is 24.1 Å². The van der Waals surface area contributed by atoms with Crippen LogP contribution in [-0.2, 0) is 9.59 Å². The van der Waals surface area contributed by atoms with Gasteiger partial charge in [-0.25, -0.2) is 4.98 Å². The molecule has 1 atom stereocenters. The van der Waals surface area contributed by atoms with E-state index in [-0.39, 0.29) is 11.3 Å². The van der Waals surface area contributed by atoms with Gasteiger partial charge in [0.2, 0.25) is 0 Å². The summed E-state index contributed by atoms with van der Waals surface area (Å²) in [6.45, 7) is 3.23. The summed E-state index contributed by atoms with van der Waals surface area (Å²) >= 11 is 4.77. The van der Waals surface area contributed by atoms with Gasteiger partial charge in [-0.1, -0.05) is 39.4 Å². The van der Waals surface area contributed by atoms with Crippen LogP contribution in [0.2, 0.25) is 0 Å². The molecule has 0 spiro atoms. The fourth-order valence-corrected chi connectivity index (χ4v) is 6.06. The molecule has 2 aliphatic rings. The van der Waals surface area contributed by atoms with Crippen molar-refractivity contribution in [3.63, 3.8) is 0 Å². The summed E-state index contributed by atoms with van der Waals surface area (Å²) in [6.07, 6.45) is 0. The number of amides is 1. The lowest BCUT2D eigenvalue weighted by molar-refractivity contribution is -0.132. The van der Waals surface area contributed by atoms with Gasteiger partial charge in [0.1, 0.15) is 24.7 Å². The summed E-state index contributed by atoms with van der Waals surface area (Å²) in [7, 11) is 0. The van der Waals surface area contributed by atoms with Crippen LogP contribution in [0.15, 0.2) is 70.7 Å². The first-order valence-electron chi connectivity index (χ1n) is 11.9. The van der Waals surface area contributed by atoms with Gasteiger partial charge in [0, 0.05) is 10.0 Å². The van der Waals surface area contributed by atoms with Crippen molar-refractivity contribution in [3.05, 3.63) is 81.8 Å². The van der Waals surface area contributed by atoms with Gasteiger partial charge in [-0.3, -0.25) is 14.5 Å². The predicted molar refractivity (Wildman–Crippen MR) is 147 cm³/mol. The van der Waals surface area contributed by atoms with E-state index >= 15 is 0 Å². The Labute approximate surface area is 230 Å². The number of Topliss-reactive ketones (excluding diaryl/α,β-unsaturated/α-hetero) is 1. The van der Waals surface area contributed by atoms with E-state index in [0.717, 1.165) is 9.17 Å². The van der Waals surface area contributed by atoms with Gasteiger partial charge in [0.05, 0.1) is 28.4 Å². The standard InChI is InChI=1S/C28H21BrN2O6S/c1-2-35-18-7-8-19-22(14-18)38-28(30-19)31-24(15-4-3-5-17(29)12-15)23(26(33)27(31)34)25(32)16-6-9-20-21(13-16)37-11-10-36-20/h3-9,12-14,24,32H,2,10-11H2,1H3/b25-23+/t24-/m1/s1. The first kappa shape index (κ1) is 24.4. The number of carbonyl (C=O) groups excluding carboxylic acids is 2. The molecule has 10 heteroatoms. The highest BCUT2D eigenvalue weighted by atomic mass is 79.9. The molecule has 0 aliphatic carbocycles. The zero-order chi connectivity index (χ0) is 26.4. The molecule has 0 saturated carbocycles. The molecule has 1 N–H and O–H groups in total. The van der Waals surface area contributed by atoms with Crippen LogP contribution in [0, 0.1) is 0 Å². The fourth-order valence-electron chi connectivity index (χ4n) is 4.62. The maximum Gasteiger partial charge on any atom is 0.301 e. The summed E-state index contributed by atoms with van der Waals surface area (Å²) in [5.74, 6) is -0.149. The number of anilines is 1. The van der Waals surface area contributed by atoms with Crippen LogP contribution in [-0.4, -0.2) is 41.6 Å². The van der Waals surface area contributed by atoms with E-state index in [0.29, 0.717) is 58.8 Å². The summed E-state index contributed by atoms with van der Waals surface area (Å²) in [5, 5.41) is 11.8. The zero-order valence-corrected chi connectivity index (χ0v) is 22.5. The van der Waals surface area contributed by atoms with E-state index in [4.69, 9.17) is 14.2 Å². The molecular formula is C28H21BrN2O6S. The molecule has 1 fully saturated rings. The summed E-state index contributed by atoms with van der Waals surface area (Å²) in [5.41, 5.74) is 1.64. The summed E-state index contributed by atoms with van der Waals surface area (Å²) in [6, 6.07) is 16.8. The van der Waals surface area contributed by atoms with Crippen molar-refractivity contribution in [2.45, 2.75) is 13.0 Å². The minimum Gasteiger partial charge on any atom is -0.507 e. The Bertz CT molecular complexity index is 1630. The van der Waals surface area contributed by atoms with Gasteiger partial charge < -0.3 is 19.3 Å². The van der Waals surface area contributed by atoms with Gasteiger partial charge in [0.25, 0.3) is 5.78 Å². The lowest BCUT2D eigenvalue weighted by Gasteiger charge is -2.23. The molecule has 0 unspecified atom stereocenters. The third-order valence-electron chi connectivity index (χ3n) is 6.29. The SMILES string of the molecule is CCOc1ccc2nc(N3C(=O)C(=O)/C(=C(/O)c4ccc5c(c4)OCCO5)[C@H]3c3cccc(Br)c3)sc2c1. The normalized spacial score (nSPS) is 18.3. The molecule has 2 aliphatic heterocycles. The predicted octanol–water partition coefficient (Wildman–Crippen LogP) is 5.86. The van der Waals surface area contributed by atoms with Gasteiger partial charge in [-0.15, -0.1) is 0 Å². The van der Waals surface area contributed by atoms with Crippen LogP contribution in [0.5, 0.6) is 17.2 Å². The molecule has 1 saturated heterocycles. The average Bonchev–Trinajstić information content (AvgIpc) is 3.46. The van der Waals surface area contributed by atoms with E-state index in [1.54, 1.807) is 18.2 Å². The van der Waals surface area contributed by atoms with Crippen molar-refractivity contribution in [1.29, 1.82) is 0 Å². The second-order valence-electron chi connectivity index (χ2n) is 8.64. The second-order valence-corrected chi connectivity index (χ2v) is 10.6. The number of hydrogen-bond acceptors (Lipinski definition) is 8. The number of ketones is 1. The summed E-state index contributed by atoms with van der Waals surface area (Å²) in [4.78, 5) is 33.0. The molecule has 38 heavy (non-hydrogen) atoms. The molecule has 3 aromatic carbocycles. The Morgan fingerprint density at radius 3 is 2.71 bits per heavy atom. The number of ether oxygens (including phenoxy) is 3. The molecule has 6 rings (SSSR count).